The first-order valence-electron chi connectivity index (χ1n) is 3.75. The first kappa shape index (κ1) is 10.7. The second kappa shape index (κ2) is 4.73. The largest absolute Gasteiger partial charge is 0.477 e. The fraction of sp³-hybridized carbons (Fsp3) is 0.250. The Morgan fingerprint density at radius 2 is 2.29 bits per heavy atom. The third-order valence-electron chi connectivity index (χ3n) is 1.35. The lowest BCUT2D eigenvalue weighted by Crippen LogP contribution is -2.16. The molecular formula is C8H9NO4S. The molecule has 5 nitrogen and oxygen atoms in total. The van der Waals surface area contributed by atoms with E-state index in [1.807, 2.05) is 0 Å². The predicted molar refractivity (Wildman–Crippen MR) is 51.8 cm³/mol. The van der Waals surface area contributed by atoms with E-state index in [1.165, 1.54) is 13.2 Å². The Bertz CT molecular complexity index is 347. The summed E-state index contributed by atoms with van der Waals surface area (Å²) >= 11 is 1.01. The Morgan fingerprint density at radius 3 is 2.79 bits per heavy atom. The second-order valence-electron chi connectivity index (χ2n) is 2.45. The fourth-order valence-corrected chi connectivity index (χ4v) is 1.59. The highest BCUT2D eigenvalue weighted by molar-refractivity contribution is 7.18. The smallest absolute Gasteiger partial charge is 0.345 e. The van der Waals surface area contributed by atoms with Crippen molar-refractivity contribution in [3.05, 3.63) is 17.0 Å². The van der Waals surface area contributed by atoms with Crippen LogP contribution in [-0.2, 0) is 9.53 Å². The summed E-state index contributed by atoms with van der Waals surface area (Å²) in [6.45, 7) is -0.0414. The van der Waals surface area contributed by atoms with Gasteiger partial charge < -0.3 is 15.2 Å². The maximum Gasteiger partial charge on any atom is 0.345 e. The zero-order chi connectivity index (χ0) is 10.6. The fourth-order valence-electron chi connectivity index (χ4n) is 0.825. The van der Waals surface area contributed by atoms with E-state index in [9.17, 15) is 9.59 Å². The van der Waals surface area contributed by atoms with Crippen molar-refractivity contribution in [1.82, 2.24) is 0 Å². The van der Waals surface area contributed by atoms with Crippen LogP contribution < -0.4 is 5.32 Å². The molecule has 0 spiro atoms. The summed E-state index contributed by atoms with van der Waals surface area (Å²) in [6.07, 6.45) is 0. The Balaban J connectivity index is 2.59. The van der Waals surface area contributed by atoms with Crippen molar-refractivity contribution in [3.63, 3.8) is 0 Å². The maximum atomic E-state index is 11.0. The van der Waals surface area contributed by atoms with E-state index in [0.717, 1.165) is 11.3 Å². The summed E-state index contributed by atoms with van der Waals surface area (Å²) in [6, 6.07) is 2.98. The Labute approximate surface area is 84.3 Å². The predicted octanol–water partition coefficient (Wildman–Crippen LogP) is 1.03. The average molecular weight is 215 g/mol. The zero-order valence-electron chi connectivity index (χ0n) is 7.44. The molecule has 0 radical (unpaired) electrons. The molecule has 14 heavy (non-hydrogen) atoms. The molecule has 0 unspecified atom stereocenters. The number of carbonyl (C=O) groups excluding carboxylic acids is 1. The first-order chi connectivity index (χ1) is 6.63. The van der Waals surface area contributed by atoms with Gasteiger partial charge in [-0.2, -0.15) is 0 Å². The second-order valence-corrected chi connectivity index (χ2v) is 3.53. The number of anilines is 1. The van der Waals surface area contributed by atoms with Gasteiger partial charge in [0.1, 0.15) is 11.5 Å². The van der Waals surface area contributed by atoms with E-state index in [1.54, 1.807) is 6.07 Å². The third kappa shape index (κ3) is 2.82. The monoisotopic (exact) mass is 215 g/mol. The maximum absolute atomic E-state index is 11.0. The molecule has 2 N–H and O–H groups in total. The lowest BCUT2D eigenvalue weighted by atomic mass is 10.5. The molecule has 0 bridgehead atoms. The number of thiophene rings is 1. The number of rotatable bonds is 4. The quantitative estimate of drug-likeness (QED) is 0.786. The summed E-state index contributed by atoms with van der Waals surface area (Å²) in [5.41, 5.74) is 0. The summed E-state index contributed by atoms with van der Waals surface area (Å²) in [5, 5.41) is 11.6. The van der Waals surface area contributed by atoms with Crippen LogP contribution in [0.3, 0.4) is 0 Å². The van der Waals surface area contributed by atoms with Crippen LogP contribution in [0.15, 0.2) is 12.1 Å². The standard InChI is InChI=1S/C8H9NO4S/c1-13-4-6(10)9-7-3-2-5(14-7)8(11)12/h2-3H,4H2,1H3,(H,9,10)(H,11,12). The summed E-state index contributed by atoms with van der Waals surface area (Å²) in [5.74, 6) is -1.30. The van der Waals surface area contributed by atoms with Crippen molar-refractivity contribution < 1.29 is 19.4 Å². The Morgan fingerprint density at radius 1 is 1.57 bits per heavy atom. The normalized spacial score (nSPS) is 9.79. The van der Waals surface area contributed by atoms with E-state index >= 15 is 0 Å². The minimum atomic E-state index is -0.998. The number of aromatic carboxylic acids is 1. The van der Waals surface area contributed by atoms with Crippen LogP contribution in [-0.4, -0.2) is 30.7 Å². The number of hydrogen-bond donors (Lipinski definition) is 2. The number of carboxylic acids is 1. The van der Waals surface area contributed by atoms with Gasteiger partial charge in [-0.3, -0.25) is 4.79 Å². The molecule has 76 valence electrons. The highest BCUT2D eigenvalue weighted by Gasteiger charge is 2.08. The number of carbonyl (C=O) groups is 2. The highest BCUT2D eigenvalue weighted by atomic mass is 32.1. The zero-order valence-corrected chi connectivity index (χ0v) is 8.26. The van der Waals surface area contributed by atoms with Crippen molar-refractivity contribution >= 4 is 28.2 Å². The number of nitrogens with one attached hydrogen (secondary N) is 1. The molecule has 0 aliphatic rings. The van der Waals surface area contributed by atoms with Gasteiger partial charge in [0.2, 0.25) is 0 Å². The molecule has 0 aliphatic heterocycles. The van der Waals surface area contributed by atoms with E-state index in [-0.39, 0.29) is 17.4 Å². The molecule has 0 saturated carbocycles. The van der Waals surface area contributed by atoms with Crippen LogP contribution in [0.5, 0.6) is 0 Å². The summed E-state index contributed by atoms with van der Waals surface area (Å²) in [7, 11) is 1.41. The molecule has 0 aliphatic carbocycles. The molecule has 0 fully saturated rings. The Kier molecular flexibility index (Phi) is 3.61. The van der Waals surface area contributed by atoms with Crippen molar-refractivity contribution in [2.24, 2.45) is 0 Å². The molecule has 1 aromatic rings. The molecule has 0 saturated heterocycles. The summed E-state index contributed by atoms with van der Waals surface area (Å²) in [4.78, 5) is 21.7. The van der Waals surface area contributed by atoms with E-state index in [2.05, 4.69) is 10.1 Å². The minimum Gasteiger partial charge on any atom is -0.477 e. The Hall–Kier alpha value is -1.40. The van der Waals surface area contributed by atoms with Crippen LogP contribution >= 0.6 is 11.3 Å². The average Bonchev–Trinajstić information content (AvgIpc) is 2.53. The van der Waals surface area contributed by atoms with Gasteiger partial charge in [-0.25, -0.2) is 4.79 Å². The van der Waals surface area contributed by atoms with Gasteiger partial charge in [0, 0.05) is 7.11 Å². The van der Waals surface area contributed by atoms with Gasteiger partial charge in [0.25, 0.3) is 5.91 Å². The first-order valence-corrected chi connectivity index (χ1v) is 4.57. The van der Waals surface area contributed by atoms with E-state index < -0.39 is 5.97 Å². The van der Waals surface area contributed by atoms with E-state index in [4.69, 9.17) is 5.11 Å². The molecule has 0 aromatic carbocycles. The number of methoxy groups -OCH3 is 1. The molecule has 6 heteroatoms. The molecule has 1 amide bonds. The van der Waals surface area contributed by atoms with E-state index in [0.29, 0.717) is 5.00 Å². The van der Waals surface area contributed by atoms with Gasteiger partial charge in [0.05, 0.1) is 5.00 Å². The van der Waals surface area contributed by atoms with Gasteiger partial charge in [-0.15, -0.1) is 11.3 Å². The minimum absolute atomic E-state index is 0.0414. The number of ether oxygens (including phenoxy) is 1. The van der Waals surface area contributed by atoms with Gasteiger partial charge in [-0.05, 0) is 12.1 Å². The third-order valence-corrected chi connectivity index (χ3v) is 2.34. The van der Waals surface area contributed by atoms with Gasteiger partial charge in [0.15, 0.2) is 0 Å². The van der Waals surface area contributed by atoms with Crippen LogP contribution in [0, 0.1) is 0 Å². The lowest BCUT2D eigenvalue weighted by molar-refractivity contribution is -0.119. The molecule has 1 rings (SSSR count). The molecule has 1 heterocycles. The van der Waals surface area contributed by atoms with Crippen LogP contribution in [0.1, 0.15) is 9.67 Å². The molecular weight excluding hydrogens is 206 g/mol. The van der Waals surface area contributed by atoms with Gasteiger partial charge in [-0.1, -0.05) is 0 Å². The SMILES string of the molecule is COCC(=O)Nc1ccc(C(=O)O)s1. The van der Waals surface area contributed by atoms with Crippen LogP contribution in [0.2, 0.25) is 0 Å². The lowest BCUT2D eigenvalue weighted by Gasteiger charge is -1.99. The van der Waals surface area contributed by atoms with Crippen molar-refractivity contribution in [2.75, 3.05) is 19.0 Å². The topological polar surface area (TPSA) is 75.6 Å². The van der Waals surface area contributed by atoms with Crippen molar-refractivity contribution in [3.8, 4) is 0 Å². The van der Waals surface area contributed by atoms with Crippen molar-refractivity contribution in [2.45, 2.75) is 0 Å². The molecule has 0 atom stereocenters. The molecule has 1 aromatic heterocycles. The summed E-state index contributed by atoms with van der Waals surface area (Å²) < 4.78 is 4.61. The van der Waals surface area contributed by atoms with Crippen LogP contribution in [0.25, 0.3) is 0 Å². The number of carboxylic acid groups (broad SMARTS) is 1. The highest BCUT2D eigenvalue weighted by Crippen LogP contribution is 2.21. The van der Waals surface area contributed by atoms with Crippen molar-refractivity contribution in [1.29, 1.82) is 0 Å². The number of hydrogen-bond acceptors (Lipinski definition) is 4. The van der Waals surface area contributed by atoms with Crippen LogP contribution in [0.4, 0.5) is 5.00 Å². The van der Waals surface area contributed by atoms with Gasteiger partial charge >= 0.3 is 5.97 Å². The number of amides is 1.